The van der Waals surface area contributed by atoms with Crippen LogP contribution in [0.1, 0.15) is 43.2 Å². The lowest BCUT2D eigenvalue weighted by atomic mass is 9.63. The number of carbonyl (C=O) groups is 1. The Balaban J connectivity index is 1.34. The quantitative estimate of drug-likeness (QED) is 0.823. The zero-order valence-electron chi connectivity index (χ0n) is 15.7. The Morgan fingerprint density at radius 1 is 1.07 bits per heavy atom. The SMILES string of the molecule is O=C(NC1CCN(Cc2ccccc2)CC1)C1(c2cccc(Cl)c2)CCC1. The number of nitrogens with zero attached hydrogens (tertiary/aromatic N) is 1. The Morgan fingerprint density at radius 2 is 1.81 bits per heavy atom. The molecule has 1 amide bonds. The molecule has 1 aliphatic carbocycles. The van der Waals surface area contributed by atoms with Gasteiger partial charge < -0.3 is 5.32 Å². The van der Waals surface area contributed by atoms with Crippen molar-refractivity contribution in [3.05, 3.63) is 70.7 Å². The molecule has 3 nitrogen and oxygen atoms in total. The molecule has 2 fully saturated rings. The number of benzene rings is 2. The lowest BCUT2D eigenvalue weighted by Crippen LogP contribution is -2.54. The summed E-state index contributed by atoms with van der Waals surface area (Å²) in [6.07, 6.45) is 4.99. The fourth-order valence-electron chi connectivity index (χ4n) is 4.36. The number of nitrogens with one attached hydrogen (secondary N) is 1. The minimum atomic E-state index is -0.369. The maximum Gasteiger partial charge on any atom is 0.230 e. The summed E-state index contributed by atoms with van der Waals surface area (Å²) >= 11 is 6.17. The highest BCUT2D eigenvalue weighted by Gasteiger charge is 2.46. The first-order chi connectivity index (χ1) is 13.2. The molecule has 142 valence electrons. The first-order valence-corrected chi connectivity index (χ1v) is 10.4. The Bertz CT molecular complexity index is 780. The molecule has 0 radical (unpaired) electrons. The molecule has 0 aromatic heterocycles. The van der Waals surface area contributed by atoms with Crippen molar-refractivity contribution in [1.82, 2.24) is 10.2 Å². The molecule has 1 aliphatic heterocycles. The van der Waals surface area contributed by atoms with Gasteiger partial charge in [0.1, 0.15) is 0 Å². The van der Waals surface area contributed by atoms with Crippen molar-refractivity contribution in [2.75, 3.05) is 13.1 Å². The number of piperidine rings is 1. The van der Waals surface area contributed by atoms with E-state index in [0.29, 0.717) is 5.02 Å². The number of likely N-dealkylation sites (tertiary alicyclic amines) is 1. The van der Waals surface area contributed by atoms with Crippen LogP contribution in [-0.4, -0.2) is 29.9 Å². The van der Waals surface area contributed by atoms with E-state index in [2.05, 4.69) is 40.5 Å². The number of carbonyl (C=O) groups excluding carboxylic acids is 1. The van der Waals surface area contributed by atoms with Crippen LogP contribution in [0.25, 0.3) is 0 Å². The van der Waals surface area contributed by atoms with Crippen molar-refractivity contribution in [2.24, 2.45) is 0 Å². The predicted octanol–water partition coefficient (Wildman–Crippen LogP) is 4.54. The molecule has 1 N–H and O–H groups in total. The number of hydrogen-bond acceptors (Lipinski definition) is 2. The molecule has 1 heterocycles. The molecule has 2 aromatic carbocycles. The largest absolute Gasteiger partial charge is 0.353 e. The van der Waals surface area contributed by atoms with E-state index in [1.807, 2.05) is 24.3 Å². The number of hydrogen-bond donors (Lipinski definition) is 1. The van der Waals surface area contributed by atoms with E-state index in [1.54, 1.807) is 0 Å². The number of halogens is 1. The maximum atomic E-state index is 13.1. The van der Waals surface area contributed by atoms with Gasteiger partial charge in [-0.2, -0.15) is 0 Å². The second kappa shape index (κ2) is 8.04. The summed E-state index contributed by atoms with van der Waals surface area (Å²) in [6.45, 7) is 3.06. The van der Waals surface area contributed by atoms with Gasteiger partial charge in [-0.1, -0.05) is 60.5 Å². The van der Waals surface area contributed by atoms with Gasteiger partial charge in [0.2, 0.25) is 5.91 Å². The van der Waals surface area contributed by atoms with E-state index in [0.717, 1.165) is 57.3 Å². The van der Waals surface area contributed by atoms with Crippen LogP contribution in [0.2, 0.25) is 5.02 Å². The highest BCUT2D eigenvalue weighted by atomic mass is 35.5. The van der Waals surface area contributed by atoms with Gasteiger partial charge >= 0.3 is 0 Å². The topological polar surface area (TPSA) is 32.3 Å². The van der Waals surface area contributed by atoms with Crippen molar-refractivity contribution < 1.29 is 4.79 Å². The van der Waals surface area contributed by atoms with E-state index < -0.39 is 0 Å². The fourth-order valence-corrected chi connectivity index (χ4v) is 4.55. The highest BCUT2D eigenvalue weighted by Crippen LogP contribution is 2.44. The third-order valence-corrected chi connectivity index (χ3v) is 6.43. The predicted molar refractivity (Wildman–Crippen MR) is 110 cm³/mol. The van der Waals surface area contributed by atoms with Crippen LogP contribution >= 0.6 is 11.6 Å². The summed E-state index contributed by atoms with van der Waals surface area (Å²) in [5.74, 6) is 0.192. The van der Waals surface area contributed by atoms with E-state index in [4.69, 9.17) is 11.6 Å². The first kappa shape index (κ1) is 18.5. The van der Waals surface area contributed by atoms with Crippen molar-refractivity contribution >= 4 is 17.5 Å². The fraction of sp³-hybridized carbons (Fsp3) is 0.435. The molecule has 1 saturated heterocycles. The summed E-state index contributed by atoms with van der Waals surface area (Å²) in [6, 6.07) is 18.7. The Morgan fingerprint density at radius 3 is 2.44 bits per heavy atom. The molecule has 0 spiro atoms. The van der Waals surface area contributed by atoms with E-state index >= 15 is 0 Å². The van der Waals surface area contributed by atoms with Crippen LogP contribution in [0, 0.1) is 0 Å². The van der Waals surface area contributed by atoms with E-state index in [9.17, 15) is 4.79 Å². The summed E-state index contributed by atoms with van der Waals surface area (Å²) in [5, 5.41) is 4.06. The van der Waals surface area contributed by atoms with E-state index in [1.165, 1.54) is 5.56 Å². The monoisotopic (exact) mass is 382 g/mol. The van der Waals surface area contributed by atoms with Crippen molar-refractivity contribution in [1.29, 1.82) is 0 Å². The molecule has 2 aliphatic rings. The van der Waals surface area contributed by atoms with Crippen molar-refractivity contribution in [3.8, 4) is 0 Å². The van der Waals surface area contributed by atoms with Gasteiger partial charge in [0.15, 0.2) is 0 Å². The highest BCUT2D eigenvalue weighted by molar-refractivity contribution is 6.30. The van der Waals surface area contributed by atoms with Crippen LogP contribution in [0.4, 0.5) is 0 Å². The zero-order chi connectivity index (χ0) is 18.7. The van der Waals surface area contributed by atoms with E-state index in [-0.39, 0.29) is 17.4 Å². The first-order valence-electron chi connectivity index (χ1n) is 9.99. The van der Waals surface area contributed by atoms with Crippen LogP contribution in [0.5, 0.6) is 0 Å². The molecular weight excluding hydrogens is 356 g/mol. The van der Waals surface area contributed by atoms with Gasteiger partial charge in [-0.05, 0) is 48.9 Å². The Kier molecular flexibility index (Phi) is 5.51. The molecule has 4 heteroatoms. The summed E-state index contributed by atoms with van der Waals surface area (Å²) in [4.78, 5) is 15.6. The summed E-state index contributed by atoms with van der Waals surface area (Å²) in [7, 11) is 0. The number of rotatable bonds is 5. The second-order valence-electron chi connectivity index (χ2n) is 7.96. The lowest BCUT2D eigenvalue weighted by Gasteiger charge is -2.42. The summed E-state index contributed by atoms with van der Waals surface area (Å²) < 4.78 is 0. The van der Waals surface area contributed by atoms with Crippen LogP contribution < -0.4 is 5.32 Å². The molecule has 4 rings (SSSR count). The van der Waals surface area contributed by atoms with Gasteiger partial charge in [0.05, 0.1) is 5.41 Å². The molecule has 0 unspecified atom stereocenters. The van der Waals surface area contributed by atoms with Gasteiger partial charge in [0.25, 0.3) is 0 Å². The van der Waals surface area contributed by atoms with Gasteiger partial charge in [0, 0.05) is 30.7 Å². The van der Waals surface area contributed by atoms with Gasteiger partial charge in [-0.15, -0.1) is 0 Å². The third-order valence-electron chi connectivity index (χ3n) is 6.19. The molecular formula is C23H27ClN2O. The zero-order valence-corrected chi connectivity index (χ0v) is 16.4. The molecule has 27 heavy (non-hydrogen) atoms. The van der Waals surface area contributed by atoms with Gasteiger partial charge in [-0.25, -0.2) is 0 Å². The van der Waals surface area contributed by atoms with Crippen LogP contribution in [0.3, 0.4) is 0 Å². The molecule has 0 atom stereocenters. The minimum Gasteiger partial charge on any atom is -0.353 e. The van der Waals surface area contributed by atoms with Crippen molar-refractivity contribution in [2.45, 2.75) is 50.1 Å². The van der Waals surface area contributed by atoms with Gasteiger partial charge in [-0.3, -0.25) is 9.69 Å². The second-order valence-corrected chi connectivity index (χ2v) is 8.39. The normalized spacial score (nSPS) is 20.0. The average molecular weight is 383 g/mol. The smallest absolute Gasteiger partial charge is 0.230 e. The van der Waals surface area contributed by atoms with Crippen molar-refractivity contribution in [3.63, 3.8) is 0 Å². The Hall–Kier alpha value is -1.84. The molecule has 2 aromatic rings. The standard InChI is InChI=1S/C23H27ClN2O/c24-20-9-4-8-19(16-20)23(12-5-13-23)22(27)25-21-10-14-26(15-11-21)17-18-6-2-1-3-7-18/h1-4,6-9,16,21H,5,10-15,17H2,(H,25,27). The lowest BCUT2D eigenvalue weighted by molar-refractivity contribution is -0.131. The third kappa shape index (κ3) is 4.04. The van der Waals surface area contributed by atoms with Crippen LogP contribution in [-0.2, 0) is 16.8 Å². The molecule has 0 bridgehead atoms. The Labute approximate surface area is 166 Å². The minimum absolute atomic E-state index is 0.192. The average Bonchev–Trinajstić information content (AvgIpc) is 2.63. The molecule has 1 saturated carbocycles. The number of amides is 1. The van der Waals surface area contributed by atoms with Crippen LogP contribution in [0.15, 0.2) is 54.6 Å². The maximum absolute atomic E-state index is 13.1. The summed E-state index contributed by atoms with van der Waals surface area (Å²) in [5.41, 5.74) is 2.06.